The number of phenolic OH excluding ortho intramolecular Hbond substituents is 1. The summed E-state index contributed by atoms with van der Waals surface area (Å²) in [4.78, 5) is 0. The Morgan fingerprint density at radius 2 is 1.85 bits per heavy atom. The van der Waals surface area contributed by atoms with Crippen LogP contribution in [0.1, 0.15) is 62.8 Å². The first-order valence-electron chi connectivity index (χ1n) is 7.76. The molecule has 0 bridgehead atoms. The summed E-state index contributed by atoms with van der Waals surface area (Å²) in [5.74, 6) is 2.16. The van der Waals surface area contributed by atoms with Crippen LogP contribution in [0.2, 0.25) is 0 Å². The maximum atomic E-state index is 10.5. The van der Waals surface area contributed by atoms with Gasteiger partial charge in [-0.3, -0.25) is 0 Å². The molecular formula is C18H28O2. The maximum absolute atomic E-state index is 10.5. The molecule has 0 unspecified atom stereocenters. The van der Waals surface area contributed by atoms with Crippen LogP contribution >= 0.6 is 0 Å². The number of hydrogen-bond donors (Lipinski definition) is 1. The minimum atomic E-state index is -0.101. The zero-order valence-electron chi connectivity index (χ0n) is 13.8. The predicted molar refractivity (Wildman–Crippen MR) is 83.8 cm³/mol. The van der Waals surface area contributed by atoms with E-state index in [1.165, 1.54) is 5.56 Å². The Hall–Kier alpha value is -1.18. The van der Waals surface area contributed by atoms with Crippen molar-refractivity contribution < 1.29 is 9.84 Å². The standard InChI is InChI=1S/C18H28O2/c1-11(2)7-8-14-15-9-10-18(5,6)20-17(15)13(4)12(3)16(14)19/h11,19H,7-10H2,1-6H3. The third kappa shape index (κ3) is 2.79. The van der Waals surface area contributed by atoms with Crippen molar-refractivity contribution in [2.45, 2.75) is 72.8 Å². The molecule has 0 radical (unpaired) electrons. The van der Waals surface area contributed by atoms with Crippen molar-refractivity contribution >= 4 is 0 Å². The van der Waals surface area contributed by atoms with Gasteiger partial charge in [-0.2, -0.15) is 0 Å². The van der Waals surface area contributed by atoms with E-state index in [0.717, 1.165) is 48.1 Å². The van der Waals surface area contributed by atoms with Crippen molar-refractivity contribution in [3.63, 3.8) is 0 Å². The van der Waals surface area contributed by atoms with Crippen molar-refractivity contribution in [3.8, 4) is 11.5 Å². The summed E-state index contributed by atoms with van der Waals surface area (Å²) in [7, 11) is 0. The topological polar surface area (TPSA) is 29.5 Å². The second-order valence-corrected chi connectivity index (χ2v) is 7.18. The lowest BCUT2D eigenvalue weighted by Crippen LogP contribution is -2.33. The van der Waals surface area contributed by atoms with Crippen molar-refractivity contribution in [2.75, 3.05) is 0 Å². The van der Waals surface area contributed by atoms with Crippen LogP contribution in [-0.4, -0.2) is 10.7 Å². The van der Waals surface area contributed by atoms with E-state index in [9.17, 15) is 5.11 Å². The van der Waals surface area contributed by atoms with Gasteiger partial charge < -0.3 is 9.84 Å². The number of phenols is 1. The third-order valence-corrected chi connectivity index (χ3v) is 4.51. The Kier molecular flexibility index (Phi) is 4.04. The normalized spacial score (nSPS) is 16.9. The molecule has 0 aliphatic carbocycles. The zero-order valence-corrected chi connectivity index (χ0v) is 13.8. The van der Waals surface area contributed by atoms with Gasteiger partial charge in [0.2, 0.25) is 0 Å². The largest absolute Gasteiger partial charge is 0.507 e. The molecule has 0 fully saturated rings. The van der Waals surface area contributed by atoms with Gasteiger partial charge in [0.05, 0.1) is 0 Å². The highest BCUT2D eigenvalue weighted by Gasteiger charge is 2.31. The SMILES string of the molecule is Cc1c(C)c2c(c(CCC(C)C)c1O)CCC(C)(C)O2. The molecule has 1 aliphatic heterocycles. The van der Waals surface area contributed by atoms with Crippen molar-refractivity contribution in [1.29, 1.82) is 0 Å². The molecule has 1 heterocycles. The molecule has 0 saturated carbocycles. The van der Waals surface area contributed by atoms with Gasteiger partial charge in [-0.05, 0) is 70.4 Å². The molecule has 0 spiro atoms. The zero-order chi connectivity index (χ0) is 15.1. The van der Waals surface area contributed by atoms with Crippen molar-refractivity contribution in [2.24, 2.45) is 5.92 Å². The van der Waals surface area contributed by atoms with E-state index < -0.39 is 0 Å². The van der Waals surface area contributed by atoms with Crippen LogP contribution in [0.3, 0.4) is 0 Å². The van der Waals surface area contributed by atoms with Gasteiger partial charge in [0.15, 0.2) is 0 Å². The minimum Gasteiger partial charge on any atom is -0.507 e. The molecule has 1 aromatic rings. The number of aromatic hydroxyl groups is 1. The first kappa shape index (κ1) is 15.2. The molecule has 1 aromatic carbocycles. The summed E-state index contributed by atoms with van der Waals surface area (Å²) in [6.45, 7) is 12.8. The highest BCUT2D eigenvalue weighted by molar-refractivity contribution is 5.58. The number of ether oxygens (including phenoxy) is 1. The predicted octanol–water partition coefficient (Wildman–Crippen LogP) is 4.70. The van der Waals surface area contributed by atoms with Gasteiger partial charge in [0.1, 0.15) is 17.1 Å². The van der Waals surface area contributed by atoms with Crippen LogP contribution < -0.4 is 4.74 Å². The van der Waals surface area contributed by atoms with Crippen LogP contribution in [0.5, 0.6) is 11.5 Å². The van der Waals surface area contributed by atoms with Crippen molar-refractivity contribution in [1.82, 2.24) is 0 Å². The fourth-order valence-corrected chi connectivity index (χ4v) is 2.94. The molecule has 20 heavy (non-hydrogen) atoms. The van der Waals surface area contributed by atoms with E-state index in [-0.39, 0.29) is 5.60 Å². The summed E-state index contributed by atoms with van der Waals surface area (Å²) >= 11 is 0. The lowest BCUT2D eigenvalue weighted by molar-refractivity contribution is 0.0830. The average molecular weight is 276 g/mol. The van der Waals surface area contributed by atoms with E-state index in [2.05, 4.69) is 34.6 Å². The van der Waals surface area contributed by atoms with Gasteiger partial charge >= 0.3 is 0 Å². The van der Waals surface area contributed by atoms with E-state index in [1.54, 1.807) is 0 Å². The minimum absolute atomic E-state index is 0.101. The first-order valence-corrected chi connectivity index (χ1v) is 7.76. The van der Waals surface area contributed by atoms with Gasteiger partial charge in [-0.15, -0.1) is 0 Å². The number of hydrogen-bond acceptors (Lipinski definition) is 2. The summed E-state index contributed by atoms with van der Waals surface area (Å²) in [5, 5.41) is 10.5. The van der Waals surface area contributed by atoms with E-state index in [0.29, 0.717) is 11.7 Å². The van der Waals surface area contributed by atoms with Gasteiger partial charge in [0, 0.05) is 11.1 Å². The van der Waals surface area contributed by atoms with Crippen LogP contribution in [0.4, 0.5) is 0 Å². The van der Waals surface area contributed by atoms with Crippen LogP contribution in [0.25, 0.3) is 0 Å². The molecule has 0 saturated heterocycles. The Morgan fingerprint density at radius 3 is 2.45 bits per heavy atom. The van der Waals surface area contributed by atoms with E-state index in [1.807, 2.05) is 6.92 Å². The second kappa shape index (κ2) is 5.31. The van der Waals surface area contributed by atoms with Gasteiger partial charge in [-0.1, -0.05) is 13.8 Å². The van der Waals surface area contributed by atoms with Gasteiger partial charge in [-0.25, -0.2) is 0 Å². The summed E-state index contributed by atoms with van der Waals surface area (Å²) in [6.07, 6.45) is 4.06. The van der Waals surface area contributed by atoms with Gasteiger partial charge in [0.25, 0.3) is 0 Å². The first-order chi connectivity index (χ1) is 9.23. The number of benzene rings is 1. The molecule has 1 aliphatic rings. The Morgan fingerprint density at radius 1 is 1.20 bits per heavy atom. The van der Waals surface area contributed by atoms with E-state index in [4.69, 9.17) is 4.74 Å². The molecule has 112 valence electrons. The van der Waals surface area contributed by atoms with Crippen LogP contribution in [-0.2, 0) is 12.8 Å². The Bertz CT molecular complexity index is 513. The smallest absolute Gasteiger partial charge is 0.127 e. The Labute approximate surface area is 123 Å². The molecule has 0 aromatic heterocycles. The van der Waals surface area contributed by atoms with Crippen LogP contribution in [0, 0.1) is 19.8 Å². The number of rotatable bonds is 3. The summed E-state index contributed by atoms with van der Waals surface area (Å²) < 4.78 is 6.22. The number of fused-ring (bicyclic) bond motifs is 1. The van der Waals surface area contributed by atoms with Crippen LogP contribution in [0.15, 0.2) is 0 Å². The molecular weight excluding hydrogens is 248 g/mol. The van der Waals surface area contributed by atoms with E-state index >= 15 is 0 Å². The highest BCUT2D eigenvalue weighted by atomic mass is 16.5. The Balaban J connectivity index is 2.50. The fourth-order valence-electron chi connectivity index (χ4n) is 2.94. The van der Waals surface area contributed by atoms with Crippen molar-refractivity contribution in [3.05, 3.63) is 22.3 Å². The summed E-state index contributed by atoms with van der Waals surface area (Å²) in [5.41, 5.74) is 4.33. The molecule has 0 atom stereocenters. The maximum Gasteiger partial charge on any atom is 0.127 e. The fraction of sp³-hybridized carbons (Fsp3) is 0.667. The summed E-state index contributed by atoms with van der Waals surface area (Å²) in [6, 6.07) is 0. The lowest BCUT2D eigenvalue weighted by Gasteiger charge is -2.35. The molecule has 0 amide bonds. The second-order valence-electron chi connectivity index (χ2n) is 7.18. The third-order valence-electron chi connectivity index (χ3n) is 4.51. The monoisotopic (exact) mass is 276 g/mol. The highest BCUT2D eigenvalue weighted by Crippen LogP contribution is 2.44. The molecule has 2 nitrogen and oxygen atoms in total. The molecule has 1 N–H and O–H groups in total. The molecule has 2 rings (SSSR count). The lowest BCUT2D eigenvalue weighted by atomic mass is 9.85. The quantitative estimate of drug-likeness (QED) is 0.867. The average Bonchev–Trinajstić information content (AvgIpc) is 2.36. The molecule has 2 heteroatoms.